The van der Waals surface area contributed by atoms with Gasteiger partial charge in [0.05, 0.1) is 17.7 Å². The standard InChI is InChI=1S/C18H23N5/c1-14(2)18-16(12-22(3)21-18)11-20-10-15-6-4-5-7-17(15)23-9-8-19-13-23/h4-9,12-14,20H,10-11H2,1-3H3. The van der Waals surface area contributed by atoms with Crippen LogP contribution in [-0.2, 0) is 20.1 Å². The minimum atomic E-state index is 0.436. The van der Waals surface area contributed by atoms with Gasteiger partial charge < -0.3 is 9.88 Å². The summed E-state index contributed by atoms with van der Waals surface area (Å²) in [5.74, 6) is 0.436. The number of nitrogens with one attached hydrogen (secondary N) is 1. The molecule has 0 aliphatic rings. The van der Waals surface area contributed by atoms with E-state index in [0.717, 1.165) is 18.8 Å². The molecule has 2 heterocycles. The molecule has 0 unspecified atom stereocenters. The molecule has 120 valence electrons. The normalized spacial score (nSPS) is 11.3. The van der Waals surface area contributed by atoms with Gasteiger partial charge in [-0.3, -0.25) is 4.68 Å². The van der Waals surface area contributed by atoms with Crippen LogP contribution in [0.4, 0.5) is 0 Å². The lowest BCUT2D eigenvalue weighted by molar-refractivity contribution is 0.675. The van der Waals surface area contributed by atoms with Gasteiger partial charge in [-0.25, -0.2) is 4.98 Å². The maximum Gasteiger partial charge on any atom is 0.0991 e. The van der Waals surface area contributed by atoms with E-state index in [1.54, 1.807) is 6.20 Å². The molecule has 5 heteroatoms. The first kappa shape index (κ1) is 15.5. The van der Waals surface area contributed by atoms with Crippen molar-refractivity contribution in [2.45, 2.75) is 32.9 Å². The molecule has 3 aromatic rings. The predicted octanol–water partition coefficient (Wildman–Crippen LogP) is 3.02. The van der Waals surface area contributed by atoms with Crippen molar-refractivity contribution < 1.29 is 0 Å². The van der Waals surface area contributed by atoms with Crippen LogP contribution in [0, 0.1) is 0 Å². The first-order valence-corrected chi connectivity index (χ1v) is 7.94. The molecule has 0 aliphatic heterocycles. The summed E-state index contributed by atoms with van der Waals surface area (Å²) in [6.45, 7) is 5.99. The zero-order chi connectivity index (χ0) is 16.2. The average molecular weight is 309 g/mol. The highest BCUT2D eigenvalue weighted by Gasteiger charge is 2.11. The Bertz CT molecular complexity index is 756. The van der Waals surface area contributed by atoms with Gasteiger partial charge in [0.25, 0.3) is 0 Å². The molecule has 23 heavy (non-hydrogen) atoms. The first-order chi connectivity index (χ1) is 11.1. The summed E-state index contributed by atoms with van der Waals surface area (Å²) in [4.78, 5) is 4.13. The molecule has 0 spiro atoms. The Kier molecular flexibility index (Phi) is 4.57. The molecule has 1 N–H and O–H groups in total. The smallest absolute Gasteiger partial charge is 0.0991 e. The first-order valence-electron chi connectivity index (χ1n) is 7.94. The van der Waals surface area contributed by atoms with E-state index in [2.05, 4.69) is 59.7 Å². The van der Waals surface area contributed by atoms with Crippen molar-refractivity contribution in [3.05, 3.63) is 66.0 Å². The van der Waals surface area contributed by atoms with Crippen LogP contribution < -0.4 is 5.32 Å². The maximum atomic E-state index is 4.56. The number of imidazole rings is 1. The monoisotopic (exact) mass is 309 g/mol. The van der Waals surface area contributed by atoms with E-state index in [0.29, 0.717) is 5.92 Å². The number of para-hydroxylation sites is 1. The van der Waals surface area contributed by atoms with Gasteiger partial charge in [0.2, 0.25) is 0 Å². The minimum absolute atomic E-state index is 0.436. The summed E-state index contributed by atoms with van der Waals surface area (Å²) in [7, 11) is 1.98. The van der Waals surface area contributed by atoms with E-state index in [-0.39, 0.29) is 0 Å². The minimum Gasteiger partial charge on any atom is -0.308 e. The van der Waals surface area contributed by atoms with Gasteiger partial charge in [0, 0.05) is 44.3 Å². The molecule has 0 amide bonds. The van der Waals surface area contributed by atoms with Crippen molar-refractivity contribution >= 4 is 0 Å². The van der Waals surface area contributed by atoms with E-state index in [4.69, 9.17) is 0 Å². The van der Waals surface area contributed by atoms with E-state index in [1.165, 1.54) is 16.8 Å². The number of aryl methyl sites for hydroxylation is 1. The molecule has 0 saturated carbocycles. The van der Waals surface area contributed by atoms with Crippen molar-refractivity contribution in [2.24, 2.45) is 7.05 Å². The Morgan fingerprint density at radius 2 is 1.91 bits per heavy atom. The van der Waals surface area contributed by atoms with Gasteiger partial charge in [0.15, 0.2) is 0 Å². The molecule has 0 saturated heterocycles. The lowest BCUT2D eigenvalue weighted by Crippen LogP contribution is -2.15. The molecule has 5 nitrogen and oxygen atoms in total. The van der Waals surface area contributed by atoms with Crippen LogP contribution in [0.25, 0.3) is 5.69 Å². The summed E-state index contributed by atoms with van der Waals surface area (Å²) in [6, 6.07) is 8.38. The lowest BCUT2D eigenvalue weighted by atomic mass is 10.1. The average Bonchev–Trinajstić information content (AvgIpc) is 3.17. The Morgan fingerprint density at radius 1 is 1.13 bits per heavy atom. The zero-order valence-corrected chi connectivity index (χ0v) is 13.9. The summed E-state index contributed by atoms with van der Waals surface area (Å²) in [5, 5.41) is 8.10. The van der Waals surface area contributed by atoms with Crippen molar-refractivity contribution in [1.82, 2.24) is 24.6 Å². The van der Waals surface area contributed by atoms with E-state index in [9.17, 15) is 0 Å². The van der Waals surface area contributed by atoms with Gasteiger partial charge in [-0.05, 0) is 17.5 Å². The third kappa shape index (κ3) is 3.51. The quantitative estimate of drug-likeness (QED) is 0.761. The van der Waals surface area contributed by atoms with Gasteiger partial charge in [-0.1, -0.05) is 32.0 Å². The van der Waals surface area contributed by atoms with Crippen LogP contribution in [0.3, 0.4) is 0 Å². The molecule has 1 aromatic carbocycles. The number of benzene rings is 1. The van der Waals surface area contributed by atoms with Crippen LogP contribution >= 0.6 is 0 Å². The number of aromatic nitrogens is 4. The van der Waals surface area contributed by atoms with E-state index < -0.39 is 0 Å². The molecular weight excluding hydrogens is 286 g/mol. The van der Waals surface area contributed by atoms with Crippen LogP contribution in [-0.4, -0.2) is 19.3 Å². The predicted molar refractivity (Wildman–Crippen MR) is 91.4 cm³/mol. The van der Waals surface area contributed by atoms with Gasteiger partial charge in [0.1, 0.15) is 0 Å². The highest BCUT2D eigenvalue weighted by Crippen LogP contribution is 2.18. The topological polar surface area (TPSA) is 47.7 Å². The van der Waals surface area contributed by atoms with E-state index >= 15 is 0 Å². The number of nitrogens with zero attached hydrogens (tertiary/aromatic N) is 4. The molecule has 0 fully saturated rings. The largest absolute Gasteiger partial charge is 0.308 e. The second kappa shape index (κ2) is 6.79. The number of hydrogen-bond donors (Lipinski definition) is 1. The molecule has 0 atom stereocenters. The Labute approximate surface area is 137 Å². The van der Waals surface area contributed by atoms with Crippen molar-refractivity contribution in [1.29, 1.82) is 0 Å². The van der Waals surface area contributed by atoms with E-state index in [1.807, 2.05) is 28.8 Å². The van der Waals surface area contributed by atoms with Crippen LogP contribution in [0.5, 0.6) is 0 Å². The molecule has 0 aliphatic carbocycles. The second-order valence-electron chi connectivity index (χ2n) is 6.07. The fraction of sp³-hybridized carbons (Fsp3) is 0.333. The van der Waals surface area contributed by atoms with Gasteiger partial charge in [-0.15, -0.1) is 0 Å². The molecule has 3 rings (SSSR count). The summed E-state index contributed by atoms with van der Waals surface area (Å²) < 4.78 is 3.94. The van der Waals surface area contributed by atoms with Gasteiger partial charge >= 0.3 is 0 Å². The van der Waals surface area contributed by atoms with Crippen LogP contribution in [0.1, 0.15) is 36.6 Å². The lowest BCUT2D eigenvalue weighted by Gasteiger charge is -2.11. The molecule has 0 bridgehead atoms. The third-order valence-electron chi connectivity index (χ3n) is 3.89. The molecule has 2 aromatic heterocycles. The van der Waals surface area contributed by atoms with Crippen molar-refractivity contribution in [3.63, 3.8) is 0 Å². The highest BCUT2D eigenvalue weighted by molar-refractivity contribution is 5.40. The summed E-state index contributed by atoms with van der Waals surface area (Å²) in [6.07, 6.45) is 7.70. The maximum absolute atomic E-state index is 4.56. The SMILES string of the molecule is CC(C)c1nn(C)cc1CNCc1ccccc1-n1ccnc1. The van der Waals surface area contributed by atoms with Crippen LogP contribution in [0.15, 0.2) is 49.2 Å². The number of rotatable bonds is 6. The fourth-order valence-corrected chi connectivity index (χ4v) is 2.82. The Balaban J connectivity index is 1.71. The molecular formula is C18H23N5. The Morgan fingerprint density at radius 3 is 2.65 bits per heavy atom. The summed E-state index contributed by atoms with van der Waals surface area (Å²) in [5.41, 5.74) is 4.85. The molecule has 0 radical (unpaired) electrons. The second-order valence-corrected chi connectivity index (χ2v) is 6.07. The fourth-order valence-electron chi connectivity index (χ4n) is 2.82. The zero-order valence-electron chi connectivity index (χ0n) is 13.9. The highest BCUT2D eigenvalue weighted by atomic mass is 15.3. The summed E-state index contributed by atoms with van der Waals surface area (Å²) >= 11 is 0. The van der Waals surface area contributed by atoms with Crippen LogP contribution in [0.2, 0.25) is 0 Å². The van der Waals surface area contributed by atoms with Gasteiger partial charge in [-0.2, -0.15) is 5.10 Å². The Hall–Kier alpha value is -2.40. The number of hydrogen-bond acceptors (Lipinski definition) is 3. The van der Waals surface area contributed by atoms with Crippen molar-refractivity contribution in [3.8, 4) is 5.69 Å². The third-order valence-corrected chi connectivity index (χ3v) is 3.89. The van der Waals surface area contributed by atoms with Crippen molar-refractivity contribution in [2.75, 3.05) is 0 Å².